The van der Waals surface area contributed by atoms with E-state index in [-0.39, 0.29) is 0 Å². The van der Waals surface area contributed by atoms with E-state index < -0.39 is 0 Å². The number of hydrogen-bond donors (Lipinski definition) is 2. The lowest BCUT2D eigenvalue weighted by atomic mass is 9.75. The number of nitrogens with one attached hydrogen (secondary N) is 1. The van der Waals surface area contributed by atoms with Crippen LogP contribution in [0.2, 0.25) is 0 Å². The molecule has 2 aromatic rings. The third-order valence-corrected chi connectivity index (χ3v) is 5.05. The molecule has 0 saturated carbocycles. The van der Waals surface area contributed by atoms with Gasteiger partial charge in [0.25, 0.3) is 0 Å². The van der Waals surface area contributed by atoms with E-state index in [4.69, 9.17) is 0 Å². The van der Waals surface area contributed by atoms with Gasteiger partial charge in [-0.25, -0.2) is 0 Å². The number of fused-ring (bicyclic) bond motifs is 4. The van der Waals surface area contributed by atoms with Crippen molar-refractivity contribution in [3.05, 3.63) is 29.5 Å². The summed E-state index contributed by atoms with van der Waals surface area (Å²) in [6.45, 7) is 5.94. The van der Waals surface area contributed by atoms with E-state index >= 15 is 0 Å². The van der Waals surface area contributed by atoms with Crippen molar-refractivity contribution in [1.82, 2.24) is 9.88 Å². The van der Waals surface area contributed by atoms with Gasteiger partial charge in [-0.3, -0.25) is 0 Å². The van der Waals surface area contributed by atoms with E-state index in [0.29, 0.717) is 11.7 Å². The number of H-pyrrole nitrogens is 1. The first-order valence-electron chi connectivity index (χ1n) is 7.26. The highest BCUT2D eigenvalue weighted by Crippen LogP contribution is 2.43. The monoisotopic (exact) mass is 256 g/mol. The molecule has 1 unspecified atom stereocenters. The van der Waals surface area contributed by atoms with Crippen LogP contribution in [0.1, 0.15) is 30.0 Å². The summed E-state index contributed by atoms with van der Waals surface area (Å²) in [7, 11) is 0. The molecule has 5 rings (SSSR count). The smallest absolute Gasteiger partial charge is 0.117 e. The van der Waals surface area contributed by atoms with Gasteiger partial charge in [0.1, 0.15) is 5.75 Å². The van der Waals surface area contributed by atoms with Crippen LogP contribution in [-0.2, 0) is 0 Å². The second-order valence-corrected chi connectivity index (χ2v) is 6.14. The van der Waals surface area contributed by atoms with Gasteiger partial charge in [0.05, 0.1) is 0 Å². The second-order valence-electron chi connectivity index (χ2n) is 6.14. The van der Waals surface area contributed by atoms with Gasteiger partial charge in [-0.2, -0.15) is 0 Å². The summed E-state index contributed by atoms with van der Waals surface area (Å²) in [4.78, 5) is 6.05. The minimum absolute atomic E-state index is 0.342. The Morgan fingerprint density at radius 3 is 2.74 bits per heavy atom. The number of benzene rings is 1. The van der Waals surface area contributed by atoms with Gasteiger partial charge in [0.2, 0.25) is 0 Å². The summed E-state index contributed by atoms with van der Waals surface area (Å²) in [5, 5.41) is 10.9. The fourth-order valence-electron chi connectivity index (χ4n) is 4.11. The van der Waals surface area contributed by atoms with Crippen LogP contribution in [0, 0.1) is 12.8 Å². The van der Waals surface area contributed by atoms with Crippen LogP contribution in [0.25, 0.3) is 10.9 Å². The molecule has 3 heteroatoms. The first-order valence-corrected chi connectivity index (χ1v) is 7.26. The Balaban J connectivity index is 1.84. The van der Waals surface area contributed by atoms with Gasteiger partial charge in [-0.15, -0.1) is 0 Å². The van der Waals surface area contributed by atoms with Crippen molar-refractivity contribution in [3.63, 3.8) is 0 Å². The second kappa shape index (κ2) is 4.01. The number of phenolic OH excluding ortho intramolecular Hbond substituents is 1. The molecule has 3 aliphatic rings. The topological polar surface area (TPSA) is 39.3 Å². The molecule has 0 spiro atoms. The lowest BCUT2D eigenvalue weighted by Crippen LogP contribution is -2.46. The van der Waals surface area contributed by atoms with Gasteiger partial charge >= 0.3 is 0 Å². The van der Waals surface area contributed by atoms with Crippen LogP contribution in [0.4, 0.5) is 0 Å². The molecular weight excluding hydrogens is 236 g/mol. The molecule has 19 heavy (non-hydrogen) atoms. The van der Waals surface area contributed by atoms with Crippen molar-refractivity contribution in [2.75, 3.05) is 19.6 Å². The highest BCUT2D eigenvalue weighted by molar-refractivity contribution is 5.86. The average molecular weight is 256 g/mol. The molecule has 0 aliphatic carbocycles. The minimum atomic E-state index is 0.342. The maximum atomic E-state index is 9.62. The van der Waals surface area contributed by atoms with Crippen molar-refractivity contribution in [1.29, 1.82) is 0 Å². The van der Waals surface area contributed by atoms with Crippen LogP contribution in [0.3, 0.4) is 0 Å². The molecule has 1 atom stereocenters. The number of aromatic amines is 1. The first kappa shape index (κ1) is 11.4. The molecule has 2 N–H and O–H groups in total. The lowest BCUT2D eigenvalue weighted by Gasteiger charge is -2.45. The fraction of sp³-hybridized carbons (Fsp3) is 0.500. The molecule has 100 valence electrons. The quantitative estimate of drug-likeness (QED) is 0.823. The lowest BCUT2D eigenvalue weighted by molar-refractivity contribution is 0.0874. The van der Waals surface area contributed by atoms with Crippen LogP contribution in [0.5, 0.6) is 5.75 Å². The fourth-order valence-corrected chi connectivity index (χ4v) is 4.11. The Kier molecular flexibility index (Phi) is 2.39. The standard InChI is InChI=1S/C16H20N2O/c1-10-16(13-3-2-12(19)8-15(13)17-10)14-9-18-6-4-11(14)5-7-18/h2-3,8,11,14,17,19H,4-7,9H2,1H3. The average Bonchev–Trinajstić information content (AvgIpc) is 2.75. The number of phenols is 1. The van der Waals surface area contributed by atoms with E-state index in [0.717, 1.165) is 11.4 Å². The van der Waals surface area contributed by atoms with Crippen LogP contribution in [-0.4, -0.2) is 34.6 Å². The van der Waals surface area contributed by atoms with Crippen LogP contribution < -0.4 is 0 Å². The molecule has 1 aromatic heterocycles. The summed E-state index contributed by atoms with van der Waals surface area (Å²) in [5.41, 5.74) is 3.84. The highest BCUT2D eigenvalue weighted by Gasteiger charge is 2.36. The van der Waals surface area contributed by atoms with Gasteiger partial charge < -0.3 is 15.0 Å². The minimum Gasteiger partial charge on any atom is -0.508 e. The number of rotatable bonds is 1. The molecule has 0 amide bonds. The van der Waals surface area contributed by atoms with Crippen molar-refractivity contribution < 1.29 is 5.11 Å². The van der Waals surface area contributed by atoms with Gasteiger partial charge in [-0.05, 0) is 56.5 Å². The maximum absolute atomic E-state index is 9.62. The predicted octanol–water partition coefficient (Wildman–Crippen LogP) is 2.99. The molecule has 3 nitrogen and oxygen atoms in total. The Labute approximate surface area is 113 Å². The van der Waals surface area contributed by atoms with Gasteiger partial charge in [0.15, 0.2) is 0 Å². The number of nitrogens with zero attached hydrogens (tertiary/aromatic N) is 1. The SMILES string of the molecule is Cc1[nH]c2cc(O)ccc2c1C1CN2CCC1CC2. The van der Waals surface area contributed by atoms with Crippen LogP contribution >= 0.6 is 0 Å². The van der Waals surface area contributed by atoms with Crippen molar-refractivity contribution >= 4 is 10.9 Å². The molecular formula is C16H20N2O. The number of aromatic hydroxyl groups is 1. The zero-order chi connectivity index (χ0) is 13.0. The largest absolute Gasteiger partial charge is 0.508 e. The van der Waals surface area contributed by atoms with Gasteiger partial charge in [-0.1, -0.05) is 0 Å². The Bertz CT molecular complexity index is 623. The molecule has 3 aliphatic heterocycles. The van der Waals surface area contributed by atoms with E-state index in [1.807, 2.05) is 6.07 Å². The summed E-state index contributed by atoms with van der Waals surface area (Å²) in [5.74, 6) is 1.85. The summed E-state index contributed by atoms with van der Waals surface area (Å²) in [6.07, 6.45) is 2.68. The Hall–Kier alpha value is -1.48. The molecule has 2 bridgehead atoms. The van der Waals surface area contributed by atoms with E-state index in [1.165, 1.54) is 49.1 Å². The zero-order valence-electron chi connectivity index (χ0n) is 11.3. The van der Waals surface area contributed by atoms with Crippen LogP contribution in [0.15, 0.2) is 18.2 Å². The number of hydrogen-bond acceptors (Lipinski definition) is 2. The normalized spacial score (nSPS) is 30.1. The van der Waals surface area contributed by atoms with Crippen molar-refractivity contribution in [2.45, 2.75) is 25.7 Å². The first-order chi connectivity index (χ1) is 9.22. The number of aryl methyl sites for hydroxylation is 1. The van der Waals surface area contributed by atoms with Crippen molar-refractivity contribution in [3.8, 4) is 5.75 Å². The molecule has 3 fully saturated rings. The third-order valence-electron chi connectivity index (χ3n) is 5.05. The highest BCUT2D eigenvalue weighted by atomic mass is 16.3. The zero-order valence-corrected chi connectivity index (χ0v) is 11.3. The van der Waals surface area contributed by atoms with Crippen molar-refractivity contribution in [2.24, 2.45) is 5.92 Å². The predicted molar refractivity (Wildman–Crippen MR) is 76.6 cm³/mol. The Morgan fingerprint density at radius 1 is 1.26 bits per heavy atom. The molecule has 1 aromatic carbocycles. The van der Waals surface area contributed by atoms with E-state index in [2.05, 4.69) is 22.9 Å². The third kappa shape index (κ3) is 1.68. The van der Waals surface area contributed by atoms with E-state index in [1.54, 1.807) is 6.07 Å². The summed E-state index contributed by atoms with van der Waals surface area (Å²) >= 11 is 0. The molecule has 4 heterocycles. The van der Waals surface area contributed by atoms with Gasteiger partial charge in [0, 0.05) is 35.1 Å². The van der Waals surface area contributed by atoms with E-state index in [9.17, 15) is 5.11 Å². The molecule has 0 radical (unpaired) electrons. The number of piperidine rings is 3. The maximum Gasteiger partial charge on any atom is 0.117 e. The summed E-state index contributed by atoms with van der Waals surface area (Å²) in [6, 6.07) is 5.72. The number of aromatic nitrogens is 1. The molecule has 3 saturated heterocycles. The summed E-state index contributed by atoms with van der Waals surface area (Å²) < 4.78 is 0. The Morgan fingerprint density at radius 2 is 2.05 bits per heavy atom.